The van der Waals surface area contributed by atoms with Gasteiger partial charge in [-0.1, -0.05) is 0 Å². The second-order valence-corrected chi connectivity index (χ2v) is 2.52. The van der Waals surface area contributed by atoms with Crippen LogP contribution in [-0.4, -0.2) is 10.9 Å². The van der Waals surface area contributed by atoms with Gasteiger partial charge >= 0.3 is 0 Å². The molecule has 0 unspecified atom stereocenters. The van der Waals surface area contributed by atoms with Crippen molar-refractivity contribution in [2.75, 3.05) is 0 Å². The van der Waals surface area contributed by atoms with E-state index >= 15 is 0 Å². The maximum Gasteiger partial charge on any atom is 0.162 e. The minimum atomic E-state index is -0.816. The molecule has 4 heteroatoms. The number of halogens is 1. The fourth-order valence-corrected chi connectivity index (χ4v) is 0.922. The van der Waals surface area contributed by atoms with Crippen molar-refractivity contribution in [3.8, 4) is 11.8 Å². The van der Waals surface area contributed by atoms with Crippen LogP contribution in [0.5, 0.6) is 5.75 Å². The molecule has 1 N–H and O–H groups in total. The molecule has 0 bridgehead atoms. The lowest BCUT2D eigenvalue weighted by Gasteiger charge is -2.00. The van der Waals surface area contributed by atoms with E-state index in [-0.39, 0.29) is 11.1 Å². The molecule has 13 heavy (non-hydrogen) atoms. The minimum Gasteiger partial charge on any atom is -0.506 e. The van der Waals surface area contributed by atoms with Crippen LogP contribution in [0.4, 0.5) is 4.39 Å². The summed E-state index contributed by atoms with van der Waals surface area (Å²) in [5.41, 5.74) is -0.291. The van der Waals surface area contributed by atoms with Crippen LogP contribution in [-0.2, 0) is 0 Å². The number of nitrogens with zero attached hydrogens (tertiary/aromatic N) is 1. The summed E-state index contributed by atoms with van der Waals surface area (Å²) in [5, 5.41) is 17.5. The van der Waals surface area contributed by atoms with E-state index in [0.717, 1.165) is 12.1 Å². The highest BCUT2D eigenvalue weighted by Crippen LogP contribution is 2.20. The third-order valence-electron chi connectivity index (χ3n) is 1.59. The molecule has 1 aromatic carbocycles. The summed E-state index contributed by atoms with van der Waals surface area (Å²) in [5.74, 6) is -1.75. The first-order valence-electron chi connectivity index (χ1n) is 3.50. The van der Waals surface area contributed by atoms with E-state index in [9.17, 15) is 9.18 Å². The Balaban J connectivity index is 3.41. The van der Waals surface area contributed by atoms with Crippen LogP contribution >= 0.6 is 0 Å². The fraction of sp³-hybridized carbons (Fsp3) is 0.111. The topological polar surface area (TPSA) is 61.1 Å². The smallest absolute Gasteiger partial charge is 0.162 e. The Labute approximate surface area is 74.0 Å². The number of nitriles is 1. The number of benzene rings is 1. The molecular formula is C9H6FNO2. The van der Waals surface area contributed by atoms with Gasteiger partial charge in [-0.3, -0.25) is 4.79 Å². The van der Waals surface area contributed by atoms with E-state index in [1.807, 2.05) is 0 Å². The van der Waals surface area contributed by atoms with Crippen molar-refractivity contribution in [2.45, 2.75) is 6.92 Å². The van der Waals surface area contributed by atoms with Crippen molar-refractivity contribution in [3.63, 3.8) is 0 Å². The lowest BCUT2D eigenvalue weighted by molar-refractivity contribution is 0.101. The van der Waals surface area contributed by atoms with E-state index in [1.54, 1.807) is 6.07 Å². The molecule has 0 radical (unpaired) electrons. The Morgan fingerprint density at radius 2 is 2.23 bits per heavy atom. The number of Topliss-reactive ketones (excluding diaryl/α,β-unsaturated/α-hetero) is 1. The summed E-state index contributed by atoms with van der Waals surface area (Å²) < 4.78 is 12.9. The van der Waals surface area contributed by atoms with Gasteiger partial charge in [-0.15, -0.1) is 0 Å². The molecule has 0 fully saturated rings. The molecule has 3 nitrogen and oxygen atoms in total. The van der Waals surface area contributed by atoms with Crippen LogP contribution in [0.2, 0.25) is 0 Å². The summed E-state index contributed by atoms with van der Waals surface area (Å²) in [4.78, 5) is 10.8. The van der Waals surface area contributed by atoms with Gasteiger partial charge in [0.1, 0.15) is 17.6 Å². The monoisotopic (exact) mass is 179 g/mol. The van der Waals surface area contributed by atoms with Crippen molar-refractivity contribution in [2.24, 2.45) is 0 Å². The van der Waals surface area contributed by atoms with Crippen molar-refractivity contribution in [1.29, 1.82) is 5.26 Å². The van der Waals surface area contributed by atoms with Crippen LogP contribution in [0.1, 0.15) is 22.8 Å². The number of carbonyl (C=O) groups excluding carboxylic acids is 1. The first kappa shape index (κ1) is 9.20. The van der Waals surface area contributed by atoms with Crippen LogP contribution in [0.15, 0.2) is 12.1 Å². The van der Waals surface area contributed by atoms with Gasteiger partial charge in [0.15, 0.2) is 5.78 Å². The van der Waals surface area contributed by atoms with Gasteiger partial charge in [-0.2, -0.15) is 5.26 Å². The molecule has 0 saturated carbocycles. The zero-order valence-corrected chi connectivity index (χ0v) is 6.84. The Bertz CT molecular complexity index is 407. The SMILES string of the molecule is CC(=O)c1cc(C#N)c(O)cc1F. The largest absolute Gasteiger partial charge is 0.506 e. The lowest BCUT2D eigenvalue weighted by Crippen LogP contribution is -1.97. The molecule has 0 aliphatic carbocycles. The average molecular weight is 179 g/mol. The second kappa shape index (κ2) is 3.23. The Morgan fingerprint density at radius 3 is 2.69 bits per heavy atom. The summed E-state index contributed by atoms with van der Waals surface area (Å²) in [7, 11) is 0. The molecule has 0 amide bonds. The molecule has 0 saturated heterocycles. The predicted octanol–water partition coefficient (Wildman–Crippen LogP) is 1.61. The number of phenolic OH excluding ortho intramolecular Hbond substituents is 1. The third kappa shape index (κ3) is 1.64. The molecule has 0 heterocycles. The molecular weight excluding hydrogens is 173 g/mol. The summed E-state index contributed by atoms with van der Waals surface area (Å²) in [6.45, 7) is 1.19. The standard InChI is InChI=1S/C9H6FNO2/c1-5(12)7-2-6(4-11)9(13)3-8(7)10/h2-3,13H,1H3. The number of hydrogen-bond donors (Lipinski definition) is 1. The highest BCUT2D eigenvalue weighted by Gasteiger charge is 2.11. The van der Waals surface area contributed by atoms with E-state index in [1.165, 1.54) is 6.92 Å². The number of hydrogen-bond acceptors (Lipinski definition) is 3. The third-order valence-corrected chi connectivity index (χ3v) is 1.59. The normalized spacial score (nSPS) is 9.31. The van der Waals surface area contributed by atoms with Gasteiger partial charge in [0, 0.05) is 6.07 Å². The summed E-state index contributed by atoms with van der Waals surface area (Å²) in [6.07, 6.45) is 0. The van der Waals surface area contributed by atoms with Crippen molar-refractivity contribution in [3.05, 3.63) is 29.1 Å². The first-order valence-corrected chi connectivity index (χ1v) is 3.50. The van der Waals surface area contributed by atoms with Gasteiger partial charge in [0.05, 0.1) is 11.1 Å². The number of phenols is 1. The molecule has 1 aromatic rings. The minimum absolute atomic E-state index is 0.105. The number of ketones is 1. The van der Waals surface area contributed by atoms with Crippen LogP contribution in [0, 0.1) is 17.1 Å². The number of aromatic hydroxyl groups is 1. The van der Waals surface area contributed by atoms with Gasteiger partial charge in [0.25, 0.3) is 0 Å². The molecule has 66 valence electrons. The van der Waals surface area contributed by atoms with Gasteiger partial charge in [-0.05, 0) is 13.0 Å². The summed E-state index contributed by atoms with van der Waals surface area (Å²) >= 11 is 0. The Kier molecular flexibility index (Phi) is 2.29. The Hall–Kier alpha value is -1.89. The molecule has 0 aromatic heterocycles. The van der Waals surface area contributed by atoms with Gasteiger partial charge < -0.3 is 5.11 Å². The quantitative estimate of drug-likeness (QED) is 0.666. The zero-order valence-electron chi connectivity index (χ0n) is 6.84. The Morgan fingerprint density at radius 1 is 1.62 bits per heavy atom. The number of carbonyl (C=O) groups is 1. The van der Waals surface area contributed by atoms with Crippen molar-refractivity contribution < 1.29 is 14.3 Å². The summed E-state index contributed by atoms with van der Waals surface area (Å²) in [6, 6.07) is 3.44. The van der Waals surface area contributed by atoms with Crippen LogP contribution in [0.25, 0.3) is 0 Å². The lowest BCUT2D eigenvalue weighted by atomic mass is 10.1. The molecule has 0 aliphatic rings. The maximum absolute atomic E-state index is 12.9. The first-order chi connectivity index (χ1) is 6.06. The highest BCUT2D eigenvalue weighted by atomic mass is 19.1. The second-order valence-electron chi connectivity index (χ2n) is 2.52. The van der Waals surface area contributed by atoms with Crippen LogP contribution in [0.3, 0.4) is 0 Å². The van der Waals surface area contributed by atoms with Crippen molar-refractivity contribution >= 4 is 5.78 Å². The van der Waals surface area contributed by atoms with Gasteiger partial charge in [0.2, 0.25) is 0 Å². The molecule has 1 rings (SSSR count). The molecule has 0 spiro atoms. The van der Waals surface area contributed by atoms with E-state index < -0.39 is 17.3 Å². The highest BCUT2D eigenvalue weighted by molar-refractivity contribution is 5.94. The average Bonchev–Trinajstić information content (AvgIpc) is 2.03. The zero-order chi connectivity index (χ0) is 10.0. The van der Waals surface area contributed by atoms with E-state index in [4.69, 9.17) is 10.4 Å². The maximum atomic E-state index is 12.9. The number of rotatable bonds is 1. The molecule has 0 aliphatic heterocycles. The van der Waals surface area contributed by atoms with Gasteiger partial charge in [-0.25, -0.2) is 4.39 Å². The van der Waals surface area contributed by atoms with E-state index in [2.05, 4.69) is 0 Å². The molecule has 0 atom stereocenters. The fourth-order valence-electron chi connectivity index (χ4n) is 0.922. The van der Waals surface area contributed by atoms with Crippen molar-refractivity contribution in [1.82, 2.24) is 0 Å². The predicted molar refractivity (Wildman–Crippen MR) is 42.8 cm³/mol. The van der Waals surface area contributed by atoms with E-state index in [0.29, 0.717) is 0 Å². The van der Waals surface area contributed by atoms with Crippen LogP contribution < -0.4 is 0 Å².